The van der Waals surface area contributed by atoms with Gasteiger partial charge in [-0.1, -0.05) is 0 Å². The van der Waals surface area contributed by atoms with Crippen molar-refractivity contribution in [2.45, 2.75) is 19.3 Å². The second-order valence-electron chi connectivity index (χ2n) is 3.42. The Morgan fingerprint density at radius 2 is 2.41 bits per heavy atom. The van der Waals surface area contributed by atoms with Crippen LogP contribution < -0.4 is 0 Å². The molecule has 0 saturated heterocycles. The summed E-state index contributed by atoms with van der Waals surface area (Å²) in [5.74, 6) is 0.589. The summed E-state index contributed by atoms with van der Waals surface area (Å²) < 4.78 is 6.67. The van der Waals surface area contributed by atoms with Gasteiger partial charge in [0.05, 0.1) is 24.2 Å². The molecular weight excluding hydrogens is 242 g/mol. The fourth-order valence-electron chi connectivity index (χ4n) is 1.65. The highest BCUT2D eigenvalue weighted by Crippen LogP contribution is 2.16. The largest absolute Gasteiger partial charge is 0.465 e. The van der Waals surface area contributed by atoms with E-state index in [1.807, 2.05) is 0 Å². The molecule has 2 aromatic heterocycles. The SMILES string of the molecule is CCOC(=O)Cn1c(CCl)nc2cnccc21. The van der Waals surface area contributed by atoms with Gasteiger partial charge in [-0.05, 0) is 13.0 Å². The zero-order valence-electron chi connectivity index (χ0n) is 9.39. The highest BCUT2D eigenvalue weighted by molar-refractivity contribution is 6.16. The molecule has 0 aliphatic rings. The van der Waals surface area contributed by atoms with Crippen LogP contribution in [0, 0.1) is 0 Å². The maximum absolute atomic E-state index is 11.5. The number of imidazole rings is 1. The molecule has 2 heterocycles. The van der Waals surface area contributed by atoms with Crippen molar-refractivity contribution in [2.24, 2.45) is 0 Å². The van der Waals surface area contributed by atoms with Crippen LogP contribution in [0.4, 0.5) is 0 Å². The summed E-state index contributed by atoms with van der Waals surface area (Å²) in [7, 11) is 0. The number of carbonyl (C=O) groups excluding carboxylic acids is 1. The smallest absolute Gasteiger partial charge is 0.326 e. The second kappa shape index (κ2) is 5.14. The van der Waals surface area contributed by atoms with Crippen LogP contribution >= 0.6 is 11.6 Å². The number of hydrogen-bond acceptors (Lipinski definition) is 4. The van der Waals surface area contributed by atoms with E-state index in [-0.39, 0.29) is 18.4 Å². The van der Waals surface area contributed by atoms with Crippen molar-refractivity contribution in [3.8, 4) is 0 Å². The maximum atomic E-state index is 11.5. The molecule has 2 rings (SSSR count). The average molecular weight is 254 g/mol. The van der Waals surface area contributed by atoms with Gasteiger partial charge in [0.1, 0.15) is 17.9 Å². The monoisotopic (exact) mass is 253 g/mol. The number of esters is 1. The Morgan fingerprint density at radius 1 is 1.59 bits per heavy atom. The normalized spacial score (nSPS) is 10.7. The molecule has 0 atom stereocenters. The van der Waals surface area contributed by atoms with E-state index in [1.165, 1.54) is 0 Å². The van der Waals surface area contributed by atoms with Crippen molar-refractivity contribution in [3.05, 3.63) is 24.3 Å². The van der Waals surface area contributed by atoms with Gasteiger partial charge < -0.3 is 9.30 Å². The molecule has 0 amide bonds. The lowest BCUT2D eigenvalue weighted by Gasteiger charge is -2.06. The van der Waals surface area contributed by atoms with Crippen LogP contribution in [0.2, 0.25) is 0 Å². The van der Waals surface area contributed by atoms with Crippen molar-refractivity contribution in [1.29, 1.82) is 0 Å². The summed E-state index contributed by atoms with van der Waals surface area (Å²) in [6, 6.07) is 1.80. The Morgan fingerprint density at radius 3 is 3.12 bits per heavy atom. The Kier molecular flexibility index (Phi) is 3.58. The minimum atomic E-state index is -0.296. The van der Waals surface area contributed by atoms with Gasteiger partial charge in [0.15, 0.2) is 0 Å². The molecular formula is C11H12ClN3O2. The van der Waals surface area contributed by atoms with Gasteiger partial charge in [0.25, 0.3) is 0 Å². The molecule has 90 valence electrons. The average Bonchev–Trinajstić information content (AvgIpc) is 2.68. The van der Waals surface area contributed by atoms with Gasteiger partial charge >= 0.3 is 5.97 Å². The number of pyridine rings is 1. The van der Waals surface area contributed by atoms with Crippen LogP contribution in [0.1, 0.15) is 12.7 Å². The van der Waals surface area contributed by atoms with Gasteiger partial charge in [-0.2, -0.15) is 0 Å². The molecule has 0 fully saturated rings. The van der Waals surface area contributed by atoms with Gasteiger partial charge in [-0.15, -0.1) is 11.6 Å². The molecule has 0 unspecified atom stereocenters. The van der Waals surface area contributed by atoms with E-state index in [2.05, 4.69) is 9.97 Å². The van der Waals surface area contributed by atoms with E-state index in [9.17, 15) is 4.79 Å². The number of fused-ring (bicyclic) bond motifs is 1. The molecule has 0 saturated carbocycles. The first-order chi connectivity index (χ1) is 8.26. The van der Waals surface area contributed by atoms with Gasteiger partial charge in [-0.3, -0.25) is 9.78 Å². The number of ether oxygens (including phenoxy) is 1. The third-order valence-corrected chi connectivity index (χ3v) is 2.58. The van der Waals surface area contributed by atoms with E-state index < -0.39 is 0 Å². The van der Waals surface area contributed by atoms with E-state index in [0.717, 1.165) is 11.0 Å². The van der Waals surface area contributed by atoms with E-state index >= 15 is 0 Å². The van der Waals surface area contributed by atoms with Crippen molar-refractivity contribution in [1.82, 2.24) is 14.5 Å². The number of nitrogens with zero attached hydrogens (tertiary/aromatic N) is 3. The third kappa shape index (κ3) is 2.39. The van der Waals surface area contributed by atoms with Crippen LogP contribution in [0.25, 0.3) is 11.0 Å². The maximum Gasteiger partial charge on any atom is 0.326 e. The van der Waals surface area contributed by atoms with Gasteiger partial charge in [0.2, 0.25) is 0 Å². The minimum Gasteiger partial charge on any atom is -0.465 e. The summed E-state index contributed by atoms with van der Waals surface area (Å²) in [6.07, 6.45) is 3.30. The number of hydrogen-bond donors (Lipinski definition) is 0. The molecule has 0 aliphatic carbocycles. The number of halogens is 1. The van der Waals surface area contributed by atoms with E-state index in [4.69, 9.17) is 16.3 Å². The highest BCUT2D eigenvalue weighted by Gasteiger charge is 2.13. The van der Waals surface area contributed by atoms with Crippen LogP contribution in [0.5, 0.6) is 0 Å². The van der Waals surface area contributed by atoms with Crippen LogP contribution in [0.15, 0.2) is 18.5 Å². The Hall–Kier alpha value is -1.62. The third-order valence-electron chi connectivity index (χ3n) is 2.34. The predicted molar refractivity (Wildman–Crippen MR) is 63.7 cm³/mol. The first-order valence-corrected chi connectivity index (χ1v) is 5.80. The highest BCUT2D eigenvalue weighted by atomic mass is 35.5. The fourth-order valence-corrected chi connectivity index (χ4v) is 1.85. The lowest BCUT2D eigenvalue weighted by Crippen LogP contribution is -2.15. The van der Waals surface area contributed by atoms with Crippen LogP contribution in [0.3, 0.4) is 0 Å². The number of carbonyl (C=O) groups is 1. The molecule has 2 aromatic rings. The second-order valence-corrected chi connectivity index (χ2v) is 3.68. The molecule has 6 heteroatoms. The van der Waals surface area contributed by atoms with Gasteiger partial charge in [-0.25, -0.2) is 4.98 Å². The van der Waals surface area contributed by atoms with E-state index in [1.54, 1.807) is 30.0 Å². The lowest BCUT2D eigenvalue weighted by molar-refractivity contribution is -0.143. The van der Waals surface area contributed by atoms with Crippen molar-refractivity contribution in [2.75, 3.05) is 6.61 Å². The number of rotatable bonds is 4. The Labute approximate surface area is 103 Å². The molecule has 0 radical (unpaired) electrons. The minimum absolute atomic E-state index is 0.121. The summed E-state index contributed by atoms with van der Waals surface area (Å²) in [6.45, 7) is 2.26. The zero-order chi connectivity index (χ0) is 12.3. The molecule has 0 bridgehead atoms. The Bertz CT molecular complexity index is 538. The molecule has 0 N–H and O–H groups in total. The quantitative estimate of drug-likeness (QED) is 0.615. The number of alkyl halides is 1. The lowest BCUT2D eigenvalue weighted by atomic mass is 10.4. The standard InChI is InChI=1S/C11H12ClN3O2/c1-2-17-11(16)7-15-9-3-4-13-6-8(9)14-10(15)5-12/h3-4,6H,2,5,7H2,1H3. The fraction of sp³-hybridized carbons (Fsp3) is 0.364. The zero-order valence-corrected chi connectivity index (χ0v) is 10.1. The van der Waals surface area contributed by atoms with Crippen molar-refractivity contribution >= 4 is 28.6 Å². The summed E-state index contributed by atoms with van der Waals surface area (Å²) in [5, 5.41) is 0. The van der Waals surface area contributed by atoms with Gasteiger partial charge in [0, 0.05) is 6.20 Å². The predicted octanol–water partition coefficient (Wildman–Crippen LogP) is 1.73. The summed E-state index contributed by atoms with van der Waals surface area (Å²) in [5.41, 5.74) is 1.57. The number of aromatic nitrogens is 3. The van der Waals surface area contributed by atoms with Crippen LogP contribution in [-0.4, -0.2) is 27.1 Å². The first-order valence-electron chi connectivity index (χ1n) is 5.27. The molecule has 0 aliphatic heterocycles. The summed E-state index contributed by atoms with van der Waals surface area (Å²) in [4.78, 5) is 19.8. The molecule has 0 aromatic carbocycles. The molecule has 5 nitrogen and oxygen atoms in total. The summed E-state index contributed by atoms with van der Waals surface area (Å²) >= 11 is 5.81. The molecule has 17 heavy (non-hydrogen) atoms. The Balaban J connectivity index is 2.39. The van der Waals surface area contributed by atoms with E-state index in [0.29, 0.717) is 12.4 Å². The van der Waals surface area contributed by atoms with Crippen molar-refractivity contribution < 1.29 is 9.53 Å². The van der Waals surface area contributed by atoms with Crippen molar-refractivity contribution in [3.63, 3.8) is 0 Å². The molecule has 0 spiro atoms. The topological polar surface area (TPSA) is 57.0 Å². The first kappa shape index (κ1) is 11.9. The van der Waals surface area contributed by atoms with Crippen LogP contribution in [-0.2, 0) is 22.0 Å².